The van der Waals surface area contributed by atoms with Crippen LogP contribution in [0.5, 0.6) is 0 Å². The third kappa shape index (κ3) is 7.74. The van der Waals surface area contributed by atoms with Gasteiger partial charge in [0.1, 0.15) is 0 Å². The van der Waals surface area contributed by atoms with Gasteiger partial charge in [0.25, 0.3) is 0 Å². The second-order valence-corrected chi connectivity index (χ2v) is 8.77. The van der Waals surface area contributed by atoms with Crippen molar-refractivity contribution in [2.45, 2.75) is 79.7 Å². The van der Waals surface area contributed by atoms with E-state index in [-0.39, 0.29) is 5.54 Å². The lowest BCUT2D eigenvalue weighted by atomic mass is 9.92. The minimum Gasteiger partial charge on any atom is -0.359 e. The van der Waals surface area contributed by atoms with Crippen LogP contribution in [0.4, 0.5) is 5.69 Å². The Hall–Kier alpha value is -1.61. The Labute approximate surface area is 161 Å². The fourth-order valence-electron chi connectivity index (χ4n) is 2.95. The standard InChI is InChI=1S/C23H39N3/c1-16(2)20-11-10-12-21(17(3)4)22(20)26-19(6)15-18(5)24-13-14-25-23(7,8)9/h10-12,15-17,25-26H,13-14H2,1-9H3/b19-15+,24-18?. The molecular formula is C23H39N3. The van der Waals surface area contributed by atoms with Gasteiger partial charge in [-0.05, 0) is 63.7 Å². The third-order valence-corrected chi connectivity index (χ3v) is 4.25. The highest BCUT2D eigenvalue weighted by atomic mass is 15.0. The Bertz CT molecular complexity index is 605. The van der Waals surface area contributed by atoms with E-state index in [1.165, 1.54) is 16.8 Å². The molecule has 0 heterocycles. The highest BCUT2D eigenvalue weighted by Gasteiger charge is 2.13. The molecule has 3 nitrogen and oxygen atoms in total. The van der Waals surface area contributed by atoms with Crippen LogP contribution in [0.2, 0.25) is 0 Å². The fourth-order valence-corrected chi connectivity index (χ4v) is 2.95. The van der Waals surface area contributed by atoms with Crippen LogP contribution >= 0.6 is 0 Å². The van der Waals surface area contributed by atoms with E-state index in [0.717, 1.165) is 24.5 Å². The summed E-state index contributed by atoms with van der Waals surface area (Å²) in [6, 6.07) is 6.63. The number of anilines is 1. The average Bonchev–Trinajstić information content (AvgIpc) is 2.50. The lowest BCUT2D eigenvalue weighted by molar-refractivity contribution is 0.433. The summed E-state index contributed by atoms with van der Waals surface area (Å²) in [6.07, 6.45) is 2.14. The van der Waals surface area contributed by atoms with Crippen LogP contribution < -0.4 is 10.6 Å². The van der Waals surface area contributed by atoms with Crippen molar-refractivity contribution >= 4 is 11.4 Å². The summed E-state index contributed by atoms with van der Waals surface area (Å²) in [5.41, 5.74) is 6.32. The van der Waals surface area contributed by atoms with Crippen molar-refractivity contribution in [1.29, 1.82) is 0 Å². The second-order valence-electron chi connectivity index (χ2n) is 8.77. The molecule has 0 saturated heterocycles. The second kappa shape index (κ2) is 9.91. The topological polar surface area (TPSA) is 36.4 Å². The van der Waals surface area contributed by atoms with E-state index in [1.807, 2.05) is 0 Å². The summed E-state index contributed by atoms with van der Waals surface area (Å²) in [4.78, 5) is 4.66. The van der Waals surface area contributed by atoms with Gasteiger partial charge in [-0.15, -0.1) is 0 Å². The molecule has 0 aliphatic rings. The van der Waals surface area contributed by atoms with E-state index in [9.17, 15) is 0 Å². The van der Waals surface area contributed by atoms with E-state index in [2.05, 4.69) is 102 Å². The first kappa shape index (κ1) is 22.4. The molecule has 0 aliphatic heterocycles. The van der Waals surface area contributed by atoms with Gasteiger partial charge >= 0.3 is 0 Å². The Kier molecular flexibility index (Phi) is 8.55. The molecule has 0 unspecified atom stereocenters. The number of para-hydroxylation sites is 1. The van der Waals surface area contributed by atoms with Crippen molar-refractivity contribution in [1.82, 2.24) is 5.32 Å². The van der Waals surface area contributed by atoms with Gasteiger partial charge in [-0.25, -0.2) is 0 Å². The Morgan fingerprint density at radius 1 is 1.04 bits per heavy atom. The number of rotatable bonds is 8. The summed E-state index contributed by atoms with van der Waals surface area (Å²) in [5.74, 6) is 0.976. The highest BCUT2D eigenvalue weighted by Crippen LogP contribution is 2.33. The highest BCUT2D eigenvalue weighted by molar-refractivity contribution is 5.93. The van der Waals surface area contributed by atoms with E-state index in [0.29, 0.717) is 11.8 Å². The van der Waals surface area contributed by atoms with Gasteiger partial charge in [0, 0.05) is 29.2 Å². The summed E-state index contributed by atoms with van der Waals surface area (Å²) in [7, 11) is 0. The van der Waals surface area contributed by atoms with Crippen LogP contribution in [0, 0.1) is 0 Å². The molecule has 0 radical (unpaired) electrons. The molecule has 1 aromatic rings. The van der Waals surface area contributed by atoms with Gasteiger partial charge in [0.05, 0.1) is 6.54 Å². The quantitative estimate of drug-likeness (QED) is 0.436. The molecule has 1 aromatic carbocycles. The van der Waals surface area contributed by atoms with E-state index >= 15 is 0 Å². The third-order valence-electron chi connectivity index (χ3n) is 4.25. The van der Waals surface area contributed by atoms with Crippen LogP contribution in [0.3, 0.4) is 0 Å². The minimum absolute atomic E-state index is 0.143. The van der Waals surface area contributed by atoms with E-state index in [1.54, 1.807) is 0 Å². The molecule has 1 rings (SSSR count). The fraction of sp³-hybridized carbons (Fsp3) is 0.609. The summed E-state index contributed by atoms with van der Waals surface area (Å²) < 4.78 is 0. The molecule has 3 heteroatoms. The summed E-state index contributed by atoms with van der Waals surface area (Å²) in [6.45, 7) is 21.4. The lowest BCUT2D eigenvalue weighted by Crippen LogP contribution is -2.37. The molecule has 0 aromatic heterocycles. The number of allylic oxidation sites excluding steroid dienone is 2. The number of hydrogen-bond acceptors (Lipinski definition) is 3. The SMILES string of the molecule is CC(/C=C(\C)Nc1c(C(C)C)cccc1C(C)C)=NCCNC(C)(C)C. The first-order chi connectivity index (χ1) is 12.0. The zero-order valence-electron chi connectivity index (χ0n) is 18.3. The van der Waals surface area contributed by atoms with Gasteiger partial charge in [-0.3, -0.25) is 4.99 Å². The van der Waals surface area contributed by atoms with Crippen molar-refractivity contribution in [3.05, 3.63) is 41.1 Å². The molecule has 0 saturated carbocycles. The molecule has 0 spiro atoms. The van der Waals surface area contributed by atoms with Crippen molar-refractivity contribution < 1.29 is 0 Å². The van der Waals surface area contributed by atoms with Gasteiger partial charge in [0.15, 0.2) is 0 Å². The Morgan fingerprint density at radius 2 is 1.58 bits per heavy atom. The molecule has 26 heavy (non-hydrogen) atoms. The van der Waals surface area contributed by atoms with E-state index in [4.69, 9.17) is 0 Å². The maximum atomic E-state index is 4.66. The van der Waals surface area contributed by atoms with Crippen LogP contribution in [-0.4, -0.2) is 24.3 Å². The zero-order valence-corrected chi connectivity index (χ0v) is 18.3. The van der Waals surface area contributed by atoms with Gasteiger partial charge in [-0.1, -0.05) is 45.9 Å². The summed E-state index contributed by atoms with van der Waals surface area (Å²) in [5, 5.41) is 7.12. The predicted octanol–water partition coefficient (Wildman–Crippen LogP) is 6.10. The molecule has 2 N–H and O–H groups in total. The van der Waals surface area contributed by atoms with Gasteiger partial charge < -0.3 is 10.6 Å². The molecule has 0 atom stereocenters. The van der Waals surface area contributed by atoms with Crippen LogP contribution in [0.25, 0.3) is 0 Å². The summed E-state index contributed by atoms with van der Waals surface area (Å²) >= 11 is 0. The Morgan fingerprint density at radius 3 is 2.04 bits per heavy atom. The first-order valence-electron chi connectivity index (χ1n) is 9.85. The van der Waals surface area contributed by atoms with Crippen molar-refractivity contribution in [3.8, 4) is 0 Å². The van der Waals surface area contributed by atoms with Crippen molar-refractivity contribution in [2.75, 3.05) is 18.4 Å². The molecular weight excluding hydrogens is 318 g/mol. The molecule has 146 valence electrons. The van der Waals surface area contributed by atoms with Gasteiger partial charge in [-0.2, -0.15) is 0 Å². The number of benzene rings is 1. The minimum atomic E-state index is 0.143. The average molecular weight is 358 g/mol. The smallest absolute Gasteiger partial charge is 0.0517 e. The largest absolute Gasteiger partial charge is 0.359 e. The van der Waals surface area contributed by atoms with Gasteiger partial charge in [0.2, 0.25) is 0 Å². The number of aliphatic imine (C=N–C) groups is 1. The molecule has 0 aliphatic carbocycles. The molecule has 0 fully saturated rings. The van der Waals surface area contributed by atoms with E-state index < -0.39 is 0 Å². The molecule has 0 amide bonds. The number of nitrogens with zero attached hydrogens (tertiary/aromatic N) is 1. The predicted molar refractivity (Wildman–Crippen MR) is 118 cm³/mol. The number of hydrogen-bond donors (Lipinski definition) is 2. The maximum Gasteiger partial charge on any atom is 0.0517 e. The number of nitrogens with one attached hydrogen (secondary N) is 2. The van der Waals surface area contributed by atoms with Crippen molar-refractivity contribution in [2.24, 2.45) is 4.99 Å². The van der Waals surface area contributed by atoms with Crippen LogP contribution in [-0.2, 0) is 0 Å². The zero-order chi connectivity index (χ0) is 19.9. The van der Waals surface area contributed by atoms with Crippen LogP contribution in [0.1, 0.15) is 85.3 Å². The maximum absolute atomic E-state index is 4.66. The monoisotopic (exact) mass is 357 g/mol. The lowest BCUT2D eigenvalue weighted by Gasteiger charge is -2.21. The normalized spacial score (nSPS) is 13.7. The Balaban J connectivity index is 2.89. The van der Waals surface area contributed by atoms with Crippen molar-refractivity contribution in [3.63, 3.8) is 0 Å². The molecule has 0 bridgehead atoms. The first-order valence-corrected chi connectivity index (χ1v) is 9.85. The van der Waals surface area contributed by atoms with Crippen LogP contribution in [0.15, 0.2) is 35.0 Å².